The van der Waals surface area contributed by atoms with E-state index in [2.05, 4.69) is 4.98 Å². The fourth-order valence-corrected chi connectivity index (χ4v) is 1.96. The first-order valence-corrected chi connectivity index (χ1v) is 5.10. The van der Waals surface area contributed by atoms with E-state index in [4.69, 9.17) is 11.5 Å². The van der Waals surface area contributed by atoms with Crippen molar-refractivity contribution < 1.29 is 4.79 Å². The molecule has 15 heavy (non-hydrogen) atoms. The monoisotopic (exact) mass is 219 g/mol. The summed E-state index contributed by atoms with van der Waals surface area (Å²) in [7, 11) is 0. The van der Waals surface area contributed by atoms with E-state index < -0.39 is 5.91 Å². The van der Waals surface area contributed by atoms with Crippen LogP contribution >= 0.6 is 11.3 Å². The van der Waals surface area contributed by atoms with E-state index in [1.165, 1.54) is 17.4 Å². The van der Waals surface area contributed by atoms with Gasteiger partial charge >= 0.3 is 0 Å². The summed E-state index contributed by atoms with van der Waals surface area (Å²) in [5.41, 5.74) is 12.3. The molecule has 0 bridgehead atoms. The van der Waals surface area contributed by atoms with Crippen molar-refractivity contribution >= 4 is 38.7 Å². The second-order valence-electron chi connectivity index (χ2n) is 3.01. The number of primary amides is 1. The van der Waals surface area contributed by atoms with Gasteiger partial charge in [0, 0.05) is 6.08 Å². The maximum atomic E-state index is 10.5. The average molecular weight is 219 g/mol. The molecule has 2 aromatic rings. The van der Waals surface area contributed by atoms with Crippen LogP contribution in [0, 0.1) is 0 Å². The van der Waals surface area contributed by atoms with Crippen molar-refractivity contribution in [2.75, 3.05) is 5.73 Å². The zero-order chi connectivity index (χ0) is 10.8. The lowest BCUT2D eigenvalue weighted by Crippen LogP contribution is -2.04. The second-order valence-corrected chi connectivity index (χ2v) is 4.08. The molecule has 0 saturated carbocycles. The van der Waals surface area contributed by atoms with Crippen molar-refractivity contribution in [3.63, 3.8) is 0 Å². The number of hydrogen-bond acceptors (Lipinski definition) is 4. The molecule has 4 nitrogen and oxygen atoms in total. The van der Waals surface area contributed by atoms with Gasteiger partial charge < -0.3 is 11.5 Å². The highest BCUT2D eigenvalue weighted by molar-refractivity contribution is 7.22. The van der Waals surface area contributed by atoms with Crippen molar-refractivity contribution in [3.8, 4) is 0 Å². The van der Waals surface area contributed by atoms with Crippen LogP contribution < -0.4 is 11.5 Å². The molecule has 2 rings (SSSR count). The number of rotatable bonds is 2. The van der Waals surface area contributed by atoms with E-state index in [9.17, 15) is 4.79 Å². The lowest BCUT2D eigenvalue weighted by atomic mass is 10.2. The summed E-state index contributed by atoms with van der Waals surface area (Å²) in [4.78, 5) is 14.7. The van der Waals surface area contributed by atoms with Gasteiger partial charge in [-0.15, -0.1) is 0 Å². The van der Waals surface area contributed by atoms with Gasteiger partial charge in [0.25, 0.3) is 0 Å². The van der Waals surface area contributed by atoms with Crippen molar-refractivity contribution in [2.24, 2.45) is 5.73 Å². The predicted octanol–water partition coefficient (Wildman–Crippen LogP) is 1.38. The van der Waals surface area contributed by atoms with Crippen LogP contribution in [-0.2, 0) is 4.79 Å². The minimum atomic E-state index is -0.465. The predicted molar refractivity (Wildman–Crippen MR) is 62.3 cm³/mol. The van der Waals surface area contributed by atoms with Crippen LogP contribution in [0.2, 0.25) is 0 Å². The Morgan fingerprint density at radius 1 is 1.47 bits per heavy atom. The molecule has 0 fully saturated rings. The molecule has 4 N–H and O–H groups in total. The molecule has 0 aliphatic rings. The maximum Gasteiger partial charge on any atom is 0.241 e. The molecule has 0 aliphatic carbocycles. The molecule has 1 amide bonds. The topological polar surface area (TPSA) is 82.0 Å². The minimum absolute atomic E-state index is 0.465. The highest BCUT2D eigenvalue weighted by atomic mass is 32.1. The molecule has 0 radical (unpaired) electrons. The third kappa shape index (κ3) is 2.13. The van der Waals surface area contributed by atoms with Crippen LogP contribution in [0.25, 0.3) is 16.3 Å². The first-order valence-electron chi connectivity index (χ1n) is 4.29. The normalized spacial score (nSPS) is 11.2. The lowest BCUT2D eigenvalue weighted by molar-refractivity contribution is -0.113. The van der Waals surface area contributed by atoms with Crippen LogP contribution in [0.4, 0.5) is 5.13 Å². The number of hydrogen-bond donors (Lipinski definition) is 2. The van der Waals surface area contributed by atoms with E-state index in [-0.39, 0.29) is 0 Å². The second kappa shape index (κ2) is 3.70. The first kappa shape index (κ1) is 9.67. The fourth-order valence-electron chi connectivity index (χ4n) is 1.24. The molecular formula is C10H9N3OS. The van der Waals surface area contributed by atoms with Gasteiger partial charge in [-0.1, -0.05) is 17.4 Å². The molecular weight excluding hydrogens is 210 g/mol. The van der Waals surface area contributed by atoms with Gasteiger partial charge in [-0.2, -0.15) is 0 Å². The number of nitrogens with two attached hydrogens (primary N) is 2. The van der Waals surface area contributed by atoms with E-state index in [1.54, 1.807) is 6.08 Å². The van der Waals surface area contributed by atoms with Crippen LogP contribution in [0.5, 0.6) is 0 Å². The minimum Gasteiger partial charge on any atom is -0.375 e. The number of amides is 1. The quantitative estimate of drug-likeness (QED) is 0.748. The highest BCUT2D eigenvalue weighted by Crippen LogP contribution is 2.24. The lowest BCUT2D eigenvalue weighted by Gasteiger charge is -1.91. The number of aromatic nitrogens is 1. The van der Waals surface area contributed by atoms with Gasteiger partial charge in [-0.05, 0) is 23.8 Å². The SMILES string of the molecule is NC(=O)C=Cc1ccc2sc(N)nc2c1. The molecule has 1 heterocycles. The molecule has 1 aromatic heterocycles. The largest absolute Gasteiger partial charge is 0.375 e. The Labute approximate surface area is 90.2 Å². The van der Waals surface area contributed by atoms with Gasteiger partial charge in [0.2, 0.25) is 5.91 Å². The summed E-state index contributed by atoms with van der Waals surface area (Å²) in [6.45, 7) is 0. The third-order valence-electron chi connectivity index (χ3n) is 1.87. The Balaban J connectivity index is 2.42. The van der Waals surface area contributed by atoms with Gasteiger partial charge in [-0.25, -0.2) is 4.98 Å². The first-order chi connectivity index (χ1) is 7.15. The summed E-state index contributed by atoms with van der Waals surface area (Å²) in [5.74, 6) is -0.465. The van der Waals surface area contributed by atoms with Crippen molar-refractivity contribution in [2.45, 2.75) is 0 Å². The molecule has 0 aliphatic heterocycles. The molecule has 0 atom stereocenters. The molecule has 0 unspecified atom stereocenters. The highest BCUT2D eigenvalue weighted by Gasteiger charge is 2.00. The maximum absolute atomic E-state index is 10.5. The number of nitrogens with zero attached hydrogens (tertiary/aromatic N) is 1. The average Bonchev–Trinajstić information content (AvgIpc) is 2.53. The van der Waals surface area contributed by atoms with Crippen molar-refractivity contribution in [1.82, 2.24) is 4.98 Å². The third-order valence-corrected chi connectivity index (χ3v) is 2.73. The molecule has 76 valence electrons. The number of benzene rings is 1. The summed E-state index contributed by atoms with van der Waals surface area (Å²) < 4.78 is 1.03. The van der Waals surface area contributed by atoms with E-state index in [1.807, 2.05) is 18.2 Å². The summed E-state index contributed by atoms with van der Waals surface area (Å²) in [6.07, 6.45) is 2.97. The Morgan fingerprint density at radius 2 is 2.27 bits per heavy atom. The summed E-state index contributed by atoms with van der Waals surface area (Å²) in [6, 6.07) is 5.67. The Bertz CT molecular complexity index is 545. The standard InChI is InChI=1S/C10H9N3OS/c11-9(14)4-2-6-1-3-8-7(5-6)13-10(12)15-8/h1-5H,(H2,11,14)(H2,12,13). The zero-order valence-corrected chi connectivity index (χ0v) is 8.62. The Morgan fingerprint density at radius 3 is 3.00 bits per heavy atom. The van der Waals surface area contributed by atoms with Crippen LogP contribution in [0.3, 0.4) is 0 Å². The number of carbonyl (C=O) groups is 1. The van der Waals surface area contributed by atoms with Gasteiger partial charge in [0.1, 0.15) is 0 Å². The number of thiazole rings is 1. The summed E-state index contributed by atoms with van der Waals surface area (Å²) in [5, 5.41) is 0.543. The van der Waals surface area contributed by atoms with Crippen LogP contribution in [-0.4, -0.2) is 10.9 Å². The number of carbonyl (C=O) groups excluding carboxylic acids is 1. The molecule has 0 spiro atoms. The van der Waals surface area contributed by atoms with Gasteiger partial charge in [0.15, 0.2) is 5.13 Å². The number of nitrogen functional groups attached to an aromatic ring is 1. The van der Waals surface area contributed by atoms with Gasteiger partial charge in [0.05, 0.1) is 10.2 Å². The van der Waals surface area contributed by atoms with Gasteiger partial charge in [-0.3, -0.25) is 4.79 Å². The summed E-state index contributed by atoms with van der Waals surface area (Å²) >= 11 is 1.44. The van der Waals surface area contributed by atoms with E-state index in [0.717, 1.165) is 15.8 Å². The fraction of sp³-hybridized carbons (Fsp3) is 0. The number of anilines is 1. The van der Waals surface area contributed by atoms with Crippen molar-refractivity contribution in [3.05, 3.63) is 29.8 Å². The molecule has 0 saturated heterocycles. The Kier molecular flexibility index (Phi) is 2.39. The molecule has 1 aromatic carbocycles. The van der Waals surface area contributed by atoms with Crippen LogP contribution in [0.15, 0.2) is 24.3 Å². The zero-order valence-electron chi connectivity index (χ0n) is 7.81. The molecule has 5 heteroatoms. The Hall–Kier alpha value is -1.88. The van der Waals surface area contributed by atoms with Crippen LogP contribution in [0.1, 0.15) is 5.56 Å². The smallest absolute Gasteiger partial charge is 0.241 e. The number of fused-ring (bicyclic) bond motifs is 1. The van der Waals surface area contributed by atoms with Crippen molar-refractivity contribution in [1.29, 1.82) is 0 Å². The van der Waals surface area contributed by atoms with E-state index >= 15 is 0 Å². The van der Waals surface area contributed by atoms with E-state index in [0.29, 0.717) is 5.13 Å².